The maximum absolute atomic E-state index is 12.9. The highest BCUT2D eigenvalue weighted by Gasteiger charge is 2.30. The number of nitrogens with zero attached hydrogens (tertiary/aromatic N) is 1. The van der Waals surface area contributed by atoms with Gasteiger partial charge in [-0.15, -0.1) is 0 Å². The van der Waals surface area contributed by atoms with E-state index in [4.69, 9.17) is 10.8 Å². The van der Waals surface area contributed by atoms with Crippen LogP contribution in [0.5, 0.6) is 0 Å². The van der Waals surface area contributed by atoms with Crippen molar-refractivity contribution >= 4 is 23.6 Å². The third kappa shape index (κ3) is 4.43. The van der Waals surface area contributed by atoms with Crippen molar-refractivity contribution in [3.8, 4) is 0 Å². The van der Waals surface area contributed by atoms with Gasteiger partial charge >= 0.3 is 0 Å². The van der Waals surface area contributed by atoms with Crippen LogP contribution in [0, 0.1) is 10.8 Å². The zero-order valence-corrected chi connectivity index (χ0v) is 16.2. The third-order valence-corrected chi connectivity index (χ3v) is 4.94. The monoisotopic (exact) mass is 388 g/mol. The van der Waals surface area contributed by atoms with Crippen LogP contribution in [0.3, 0.4) is 0 Å². The summed E-state index contributed by atoms with van der Waals surface area (Å²) < 4.78 is 0. The Morgan fingerprint density at radius 2 is 1.86 bits per heavy atom. The zero-order valence-electron chi connectivity index (χ0n) is 16.2. The Hall–Kier alpha value is -3.67. The van der Waals surface area contributed by atoms with E-state index in [0.29, 0.717) is 18.7 Å². The molecule has 0 bridgehead atoms. The van der Waals surface area contributed by atoms with Gasteiger partial charge in [0.1, 0.15) is 11.5 Å². The Morgan fingerprint density at radius 1 is 1.17 bits per heavy atom. The molecule has 0 radical (unpaired) electrons. The molecule has 0 aliphatic carbocycles. The van der Waals surface area contributed by atoms with Gasteiger partial charge in [0, 0.05) is 50.1 Å². The highest BCUT2D eigenvalue weighted by Crippen LogP contribution is 2.32. The van der Waals surface area contributed by atoms with Crippen molar-refractivity contribution in [3.63, 3.8) is 0 Å². The minimum atomic E-state index is -0.458. The number of fused-ring (bicyclic) bond motifs is 1. The molecular formula is C23H24N4O2. The summed E-state index contributed by atoms with van der Waals surface area (Å²) in [5.41, 5.74) is 3.10. The summed E-state index contributed by atoms with van der Waals surface area (Å²) in [4.78, 5) is 14.5. The summed E-state index contributed by atoms with van der Waals surface area (Å²) in [5.74, 6) is -0.734. The molecule has 2 aromatic rings. The lowest BCUT2D eigenvalue weighted by Crippen LogP contribution is -2.42. The van der Waals surface area contributed by atoms with Crippen LogP contribution < -0.4 is 5.32 Å². The molecule has 1 atom stereocenters. The first-order valence-corrected chi connectivity index (χ1v) is 9.34. The largest absolute Gasteiger partial charge is 0.507 e. The second kappa shape index (κ2) is 9.01. The molecular weight excluding hydrogens is 364 g/mol. The van der Waals surface area contributed by atoms with Crippen LogP contribution in [0.2, 0.25) is 0 Å². The van der Waals surface area contributed by atoms with Gasteiger partial charge in [-0.2, -0.15) is 0 Å². The van der Waals surface area contributed by atoms with E-state index in [1.807, 2.05) is 30.3 Å². The first-order chi connectivity index (χ1) is 14.0. The number of hydrogen-bond donors (Lipinski definition) is 4. The van der Waals surface area contributed by atoms with Crippen LogP contribution in [0.4, 0.5) is 0 Å². The topological polar surface area (TPSA) is 100 Å². The van der Waals surface area contributed by atoms with Crippen molar-refractivity contribution < 1.29 is 9.90 Å². The Labute approximate surface area is 170 Å². The lowest BCUT2D eigenvalue weighted by Gasteiger charge is -2.35. The van der Waals surface area contributed by atoms with Gasteiger partial charge in [-0.1, -0.05) is 54.6 Å². The number of rotatable bonds is 6. The van der Waals surface area contributed by atoms with Crippen LogP contribution in [0.1, 0.15) is 22.6 Å². The normalized spacial score (nSPS) is 16.7. The van der Waals surface area contributed by atoms with Crippen molar-refractivity contribution in [2.45, 2.75) is 12.5 Å². The molecule has 1 amide bonds. The maximum atomic E-state index is 12.9. The van der Waals surface area contributed by atoms with Crippen molar-refractivity contribution in [1.29, 1.82) is 10.8 Å². The second-order valence-corrected chi connectivity index (χ2v) is 6.82. The first kappa shape index (κ1) is 20.1. The summed E-state index contributed by atoms with van der Waals surface area (Å²) in [6, 6.07) is 16.7. The number of carbonyl (C=O) groups is 1. The number of aliphatic hydroxyl groups is 1. The predicted molar refractivity (Wildman–Crippen MR) is 115 cm³/mol. The Kier molecular flexibility index (Phi) is 6.24. The van der Waals surface area contributed by atoms with Gasteiger partial charge in [-0.25, -0.2) is 0 Å². The fraction of sp³-hybridized carbons (Fsp3) is 0.174. The van der Waals surface area contributed by atoms with Gasteiger partial charge in [0.15, 0.2) is 0 Å². The predicted octanol–water partition coefficient (Wildman–Crippen LogP) is 3.48. The SMILES string of the molecule is CN/C=C(\C=N)C1CN(C(=O)C(=N)/C=C(\O)c2ccccc2)Cc2ccccc21. The molecule has 2 aromatic carbocycles. The average molecular weight is 388 g/mol. The van der Waals surface area contributed by atoms with E-state index in [1.165, 1.54) is 12.3 Å². The van der Waals surface area contributed by atoms with Gasteiger partial charge in [-0.05, 0) is 16.7 Å². The number of benzene rings is 2. The van der Waals surface area contributed by atoms with Crippen LogP contribution in [-0.2, 0) is 11.3 Å². The van der Waals surface area contributed by atoms with E-state index < -0.39 is 5.91 Å². The molecule has 29 heavy (non-hydrogen) atoms. The fourth-order valence-electron chi connectivity index (χ4n) is 3.52. The fourth-order valence-corrected chi connectivity index (χ4v) is 3.52. The molecule has 1 aliphatic rings. The minimum Gasteiger partial charge on any atom is -0.507 e. The van der Waals surface area contributed by atoms with Gasteiger partial charge in [0.25, 0.3) is 5.91 Å². The lowest BCUT2D eigenvalue weighted by atomic mass is 9.84. The molecule has 6 nitrogen and oxygen atoms in total. The molecule has 1 heterocycles. The molecule has 0 saturated carbocycles. The molecule has 0 spiro atoms. The van der Waals surface area contributed by atoms with Crippen LogP contribution in [-0.4, -0.2) is 41.4 Å². The van der Waals surface area contributed by atoms with Crippen molar-refractivity contribution in [2.75, 3.05) is 13.6 Å². The third-order valence-electron chi connectivity index (χ3n) is 4.94. The molecule has 0 fully saturated rings. The molecule has 0 aromatic heterocycles. The number of carbonyl (C=O) groups excluding carboxylic acids is 1. The molecule has 0 saturated heterocycles. The average Bonchev–Trinajstić information content (AvgIpc) is 2.76. The first-order valence-electron chi connectivity index (χ1n) is 9.34. The van der Waals surface area contributed by atoms with Gasteiger partial charge < -0.3 is 20.7 Å². The van der Waals surface area contributed by atoms with E-state index in [2.05, 4.69) is 5.32 Å². The van der Waals surface area contributed by atoms with E-state index in [9.17, 15) is 9.90 Å². The molecule has 148 valence electrons. The number of nitrogens with one attached hydrogen (secondary N) is 3. The van der Waals surface area contributed by atoms with Crippen LogP contribution in [0.15, 0.2) is 72.4 Å². The summed E-state index contributed by atoms with van der Waals surface area (Å²) in [7, 11) is 1.77. The van der Waals surface area contributed by atoms with Gasteiger partial charge in [0.05, 0.1) is 0 Å². The summed E-state index contributed by atoms with van der Waals surface area (Å²) in [6.45, 7) is 0.750. The molecule has 3 rings (SSSR count). The second-order valence-electron chi connectivity index (χ2n) is 6.82. The van der Waals surface area contributed by atoms with Crippen LogP contribution in [0.25, 0.3) is 5.76 Å². The van der Waals surface area contributed by atoms with Crippen LogP contribution >= 0.6 is 0 Å². The van der Waals surface area contributed by atoms with Crippen molar-refractivity contribution in [2.24, 2.45) is 0 Å². The molecule has 4 N–H and O–H groups in total. The zero-order chi connectivity index (χ0) is 20.8. The quantitative estimate of drug-likeness (QED) is 0.450. The van der Waals surface area contributed by atoms with Gasteiger partial charge in [-0.3, -0.25) is 10.2 Å². The Morgan fingerprint density at radius 3 is 2.55 bits per heavy atom. The molecule has 6 heteroatoms. The van der Waals surface area contributed by atoms with E-state index in [0.717, 1.165) is 16.7 Å². The standard InChI is InChI=1S/C23H24N4O2/c1-26-13-18(12-24)20-15-27(14-17-9-5-6-10-19(17)20)23(29)21(25)11-22(28)16-7-3-2-4-8-16/h2-13,20,24-26,28H,14-15H2,1H3/b18-13+,22-11-,24-12?,25-21?. The minimum absolute atomic E-state index is 0.117. The molecule has 1 unspecified atom stereocenters. The summed E-state index contributed by atoms with van der Waals surface area (Å²) in [6.07, 6.45) is 4.24. The Balaban J connectivity index is 1.87. The molecule has 1 aliphatic heterocycles. The highest BCUT2D eigenvalue weighted by atomic mass is 16.3. The van der Waals surface area contributed by atoms with Crippen molar-refractivity contribution in [3.05, 3.63) is 89.1 Å². The van der Waals surface area contributed by atoms with E-state index in [-0.39, 0.29) is 17.4 Å². The number of aliphatic hydroxyl groups excluding tert-OH is 1. The Bertz CT molecular complexity index is 979. The maximum Gasteiger partial charge on any atom is 0.272 e. The summed E-state index contributed by atoms with van der Waals surface area (Å²) >= 11 is 0. The van der Waals surface area contributed by atoms with E-state index >= 15 is 0 Å². The smallest absolute Gasteiger partial charge is 0.272 e. The lowest BCUT2D eigenvalue weighted by molar-refractivity contribution is -0.125. The van der Waals surface area contributed by atoms with Gasteiger partial charge in [0.2, 0.25) is 0 Å². The van der Waals surface area contributed by atoms with E-state index in [1.54, 1.807) is 42.4 Å². The van der Waals surface area contributed by atoms with Crippen molar-refractivity contribution in [1.82, 2.24) is 10.2 Å². The highest BCUT2D eigenvalue weighted by molar-refractivity contribution is 6.42. The summed E-state index contributed by atoms with van der Waals surface area (Å²) in [5, 5.41) is 29.2. The number of hydrogen-bond acceptors (Lipinski definition) is 5. The number of amides is 1.